The summed E-state index contributed by atoms with van der Waals surface area (Å²) in [6.45, 7) is 0.0706. The Balaban J connectivity index is 2.52. The molecule has 1 aliphatic heterocycles. The first-order valence-corrected chi connectivity index (χ1v) is 2.33. The average Bonchev–Trinajstić information content (AvgIpc) is 1.77. The first-order valence-electron chi connectivity index (χ1n) is 1.92. The van der Waals surface area contributed by atoms with Crippen LogP contribution in [0.25, 0.3) is 0 Å². The summed E-state index contributed by atoms with van der Waals surface area (Å²) in [6, 6.07) is 0. The molecule has 1 aliphatic rings. The lowest BCUT2D eigenvalue weighted by Gasteiger charge is -2.09. The number of rotatable bonds is 0. The van der Waals surface area contributed by atoms with Crippen LogP contribution in [0.15, 0.2) is 0 Å². The van der Waals surface area contributed by atoms with Crippen LogP contribution in [0.4, 0.5) is 0 Å². The van der Waals surface area contributed by atoms with Crippen LogP contribution in [-0.2, 0) is 14.7 Å². The second-order valence-electron chi connectivity index (χ2n) is 1.20. The molecule has 1 amide bonds. The highest BCUT2D eigenvalue weighted by atomic mass is 32.1. The highest BCUT2D eigenvalue weighted by Gasteiger charge is 2.14. The van der Waals surface area contributed by atoms with Gasteiger partial charge in [-0.1, -0.05) is 12.2 Å². The number of carbonyl (C=O) groups excluding carboxylic acids is 1. The van der Waals surface area contributed by atoms with Crippen LogP contribution in [0.5, 0.6) is 0 Å². The first-order chi connectivity index (χ1) is 3.80. The van der Waals surface area contributed by atoms with Crippen molar-refractivity contribution >= 4 is 23.0 Å². The van der Waals surface area contributed by atoms with Gasteiger partial charge in [-0.05, 0) is 0 Å². The maximum absolute atomic E-state index is 10.3. The summed E-state index contributed by atoms with van der Waals surface area (Å²) in [5.41, 5.74) is 1.93. The van der Waals surface area contributed by atoms with E-state index in [1.54, 1.807) is 0 Å². The smallest absolute Gasteiger partial charge is 0.266 e. The van der Waals surface area contributed by atoms with E-state index in [2.05, 4.69) is 22.1 Å². The fourth-order valence-corrected chi connectivity index (χ4v) is 0.363. The predicted octanol–water partition coefficient (Wildman–Crippen LogP) is -0.651. The zero-order chi connectivity index (χ0) is 5.98. The summed E-state index contributed by atoms with van der Waals surface area (Å²) in [6.07, 6.45) is 0. The van der Waals surface area contributed by atoms with Crippen molar-refractivity contribution < 1.29 is 14.7 Å². The van der Waals surface area contributed by atoms with Crippen LogP contribution >= 0.6 is 12.2 Å². The minimum absolute atomic E-state index is 0.0706. The van der Waals surface area contributed by atoms with Crippen molar-refractivity contribution in [1.82, 2.24) is 5.48 Å². The lowest BCUT2D eigenvalue weighted by atomic mass is 10.4. The molecule has 0 unspecified atom stereocenters. The van der Waals surface area contributed by atoms with Crippen molar-refractivity contribution in [3.63, 3.8) is 0 Å². The summed E-state index contributed by atoms with van der Waals surface area (Å²) < 4.78 is 0. The molecule has 1 fully saturated rings. The summed E-state index contributed by atoms with van der Waals surface area (Å²) >= 11 is 4.51. The molecule has 0 aliphatic carbocycles. The maximum atomic E-state index is 10.3. The Bertz CT molecular complexity index is 118. The summed E-state index contributed by atoms with van der Waals surface area (Å²) in [4.78, 5) is 18.9. The van der Waals surface area contributed by atoms with Gasteiger partial charge in [0, 0.05) is 0 Å². The van der Waals surface area contributed by atoms with Gasteiger partial charge in [0.15, 0.2) is 0 Å². The van der Waals surface area contributed by atoms with Gasteiger partial charge in [0.2, 0.25) is 0 Å². The monoisotopic (exact) mass is 133 g/mol. The number of amides is 1. The predicted molar refractivity (Wildman–Crippen MR) is 27.8 cm³/mol. The SMILES string of the molecule is O=C1NOOCC1=S. The van der Waals surface area contributed by atoms with E-state index in [1.807, 2.05) is 5.48 Å². The molecule has 0 aromatic rings. The molecule has 1 rings (SSSR count). The van der Waals surface area contributed by atoms with E-state index >= 15 is 0 Å². The second-order valence-corrected chi connectivity index (χ2v) is 1.69. The molecular weight excluding hydrogens is 130 g/mol. The molecule has 8 heavy (non-hydrogen) atoms. The van der Waals surface area contributed by atoms with Gasteiger partial charge < -0.3 is 0 Å². The molecule has 0 radical (unpaired) electrons. The average molecular weight is 133 g/mol. The molecular formula is C3H3NO3S. The molecule has 44 valence electrons. The van der Waals surface area contributed by atoms with E-state index in [4.69, 9.17) is 0 Å². The van der Waals surface area contributed by atoms with Crippen molar-refractivity contribution in [2.24, 2.45) is 0 Å². The van der Waals surface area contributed by atoms with Crippen LogP contribution in [0.1, 0.15) is 0 Å². The Kier molecular flexibility index (Phi) is 1.52. The number of hydroxylamine groups is 1. The molecule has 1 N–H and O–H groups in total. The fourth-order valence-electron chi connectivity index (χ4n) is 0.273. The third kappa shape index (κ3) is 1.00. The van der Waals surface area contributed by atoms with Crippen molar-refractivity contribution in [1.29, 1.82) is 0 Å². The molecule has 4 nitrogen and oxygen atoms in total. The number of nitrogens with one attached hydrogen (secondary N) is 1. The van der Waals surface area contributed by atoms with E-state index in [0.717, 1.165) is 0 Å². The molecule has 0 saturated carbocycles. The summed E-state index contributed by atoms with van der Waals surface area (Å²) in [5, 5.41) is 0. The van der Waals surface area contributed by atoms with E-state index in [0.29, 0.717) is 0 Å². The van der Waals surface area contributed by atoms with Crippen LogP contribution in [0.2, 0.25) is 0 Å². The third-order valence-corrected chi connectivity index (χ3v) is 0.940. The van der Waals surface area contributed by atoms with Crippen LogP contribution in [0.3, 0.4) is 0 Å². The summed E-state index contributed by atoms with van der Waals surface area (Å²) in [7, 11) is 0. The topological polar surface area (TPSA) is 47.6 Å². The van der Waals surface area contributed by atoms with E-state index < -0.39 is 5.91 Å². The Morgan fingerprint density at radius 2 is 2.50 bits per heavy atom. The van der Waals surface area contributed by atoms with Gasteiger partial charge in [-0.2, -0.15) is 5.48 Å². The van der Waals surface area contributed by atoms with Crippen LogP contribution < -0.4 is 5.48 Å². The van der Waals surface area contributed by atoms with Crippen molar-refractivity contribution in [3.8, 4) is 0 Å². The van der Waals surface area contributed by atoms with Crippen molar-refractivity contribution in [2.75, 3.05) is 6.61 Å². The van der Waals surface area contributed by atoms with Gasteiger partial charge in [-0.3, -0.25) is 4.79 Å². The number of hydrogen-bond acceptors (Lipinski definition) is 4. The standard InChI is InChI=1S/C3H3NO3S/c5-3-2(8)1-6-7-4-3/h1H2,(H,4,5). The van der Waals surface area contributed by atoms with E-state index in [1.165, 1.54) is 0 Å². The lowest BCUT2D eigenvalue weighted by Crippen LogP contribution is -2.38. The maximum Gasteiger partial charge on any atom is 0.286 e. The Morgan fingerprint density at radius 1 is 1.75 bits per heavy atom. The zero-order valence-corrected chi connectivity index (χ0v) is 4.66. The van der Waals surface area contributed by atoms with Crippen molar-refractivity contribution in [2.45, 2.75) is 0 Å². The molecule has 0 spiro atoms. The molecule has 0 aromatic heterocycles. The van der Waals surface area contributed by atoms with Crippen LogP contribution in [0, 0.1) is 0 Å². The highest BCUT2D eigenvalue weighted by Crippen LogP contribution is 1.88. The lowest BCUT2D eigenvalue weighted by molar-refractivity contribution is -0.323. The zero-order valence-electron chi connectivity index (χ0n) is 3.84. The van der Waals surface area contributed by atoms with Gasteiger partial charge in [0.25, 0.3) is 5.91 Å². The molecule has 0 bridgehead atoms. The van der Waals surface area contributed by atoms with Gasteiger partial charge >= 0.3 is 0 Å². The minimum Gasteiger partial charge on any atom is -0.266 e. The van der Waals surface area contributed by atoms with Crippen molar-refractivity contribution in [3.05, 3.63) is 0 Å². The highest BCUT2D eigenvalue weighted by molar-refractivity contribution is 7.82. The fraction of sp³-hybridized carbons (Fsp3) is 0.333. The number of thiocarbonyl (C=S) groups is 1. The van der Waals surface area contributed by atoms with Gasteiger partial charge in [0.05, 0.1) is 0 Å². The largest absolute Gasteiger partial charge is 0.286 e. The Morgan fingerprint density at radius 3 is 2.88 bits per heavy atom. The van der Waals surface area contributed by atoms with Gasteiger partial charge in [0.1, 0.15) is 11.5 Å². The third-order valence-electron chi connectivity index (χ3n) is 0.637. The Hall–Kier alpha value is -0.520. The van der Waals surface area contributed by atoms with Gasteiger partial charge in [-0.25, -0.2) is 4.89 Å². The number of carbonyl (C=O) groups is 1. The van der Waals surface area contributed by atoms with Gasteiger partial charge in [-0.15, -0.1) is 4.99 Å². The van der Waals surface area contributed by atoms with Crippen LogP contribution in [-0.4, -0.2) is 17.4 Å². The molecule has 1 heterocycles. The summed E-state index contributed by atoms with van der Waals surface area (Å²) in [5.74, 6) is -0.397. The molecule has 5 heteroatoms. The quantitative estimate of drug-likeness (QED) is 0.352. The molecule has 0 aromatic carbocycles. The first kappa shape index (κ1) is 5.61. The molecule has 0 atom stereocenters. The minimum atomic E-state index is -0.397. The second kappa shape index (κ2) is 2.17. The van der Waals surface area contributed by atoms with E-state index in [-0.39, 0.29) is 11.5 Å². The normalized spacial score (nSPS) is 20.5. The van der Waals surface area contributed by atoms with E-state index in [9.17, 15) is 4.79 Å². The Labute approximate surface area is 50.6 Å². The number of hydrogen-bond donors (Lipinski definition) is 1. The molecule has 1 saturated heterocycles.